The molecule has 0 aliphatic heterocycles. The Morgan fingerprint density at radius 1 is 0.944 bits per heavy atom. The van der Waals surface area contributed by atoms with Gasteiger partial charge in [0.25, 0.3) is 5.78 Å². The number of hydrogen-bond acceptors (Lipinski definition) is 1. The minimum absolute atomic E-state index is 0.493. The summed E-state index contributed by atoms with van der Waals surface area (Å²) < 4.78 is 35.4. The van der Waals surface area contributed by atoms with Crippen LogP contribution < -0.4 is 0 Å². The van der Waals surface area contributed by atoms with Gasteiger partial charge in [0.05, 0.1) is 0 Å². The van der Waals surface area contributed by atoms with Crippen molar-refractivity contribution in [3.63, 3.8) is 0 Å². The number of benzene rings is 1. The Bertz CT molecular complexity index is 468. The Kier molecular flexibility index (Phi) is 5.11. The Labute approximate surface area is 103 Å². The quantitative estimate of drug-likeness (QED) is 0.586. The molecule has 94 valence electrons. The van der Waals surface area contributed by atoms with E-state index in [1.807, 2.05) is 30.3 Å². The molecule has 1 rings (SSSR count). The number of halogens is 3. The predicted octanol–water partition coefficient (Wildman–Crippen LogP) is 3.94. The van der Waals surface area contributed by atoms with Gasteiger partial charge in [-0.25, -0.2) is 0 Å². The third-order valence-electron chi connectivity index (χ3n) is 1.95. The lowest BCUT2D eigenvalue weighted by atomic mass is 10.2. The van der Waals surface area contributed by atoms with E-state index in [9.17, 15) is 18.0 Å². The fraction of sp³-hybridized carbons (Fsp3) is 0.0714. The molecule has 0 fully saturated rings. The van der Waals surface area contributed by atoms with Gasteiger partial charge in [-0.1, -0.05) is 60.7 Å². The number of hydrogen-bond donors (Lipinski definition) is 0. The van der Waals surface area contributed by atoms with Crippen LogP contribution in [0.2, 0.25) is 0 Å². The summed E-state index contributed by atoms with van der Waals surface area (Å²) in [6, 6.07) is 9.44. The van der Waals surface area contributed by atoms with Crippen molar-refractivity contribution in [1.29, 1.82) is 0 Å². The van der Waals surface area contributed by atoms with Gasteiger partial charge in [-0.3, -0.25) is 4.79 Å². The maximum Gasteiger partial charge on any atom is 0.454 e. The lowest BCUT2D eigenvalue weighted by Gasteiger charge is -1.97. The van der Waals surface area contributed by atoms with Crippen LogP contribution in [0.4, 0.5) is 13.2 Å². The number of rotatable bonds is 4. The van der Waals surface area contributed by atoms with Crippen LogP contribution in [0.25, 0.3) is 6.08 Å². The predicted molar refractivity (Wildman–Crippen MR) is 64.8 cm³/mol. The van der Waals surface area contributed by atoms with Gasteiger partial charge in [-0.05, 0) is 11.6 Å². The van der Waals surface area contributed by atoms with E-state index in [0.717, 1.165) is 11.6 Å². The highest BCUT2D eigenvalue weighted by molar-refractivity contribution is 5.94. The van der Waals surface area contributed by atoms with Crippen molar-refractivity contribution in [1.82, 2.24) is 0 Å². The second-order valence-corrected chi connectivity index (χ2v) is 3.38. The zero-order valence-electron chi connectivity index (χ0n) is 9.39. The fourth-order valence-electron chi connectivity index (χ4n) is 1.10. The van der Waals surface area contributed by atoms with Gasteiger partial charge in [-0.2, -0.15) is 13.2 Å². The van der Waals surface area contributed by atoms with E-state index < -0.39 is 12.0 Å². The summed E-state index contributed by atoms with van der Waals surface area (Å²) in [7, 11) is 0. The van der Waals surface area contributed by atoms with Gasteiger partial charge in [0.15, 0.2) is 0 Å². The Morgan fingerprint density at radius 3 is 2.17 bits per heavy atom. The molecule has 0 aliphatic carbocycles. The van der Waals surface area contributed by atoms with Crippen LogP contribution >= 0.6 is 0 Å². The number of carbonyl (C=O) groups is 1. The highest BCUT2D eigenvalue weighted by Gasteiger charge is 2.35. The molecular formula is C14H11F3O. The Balaban J connectivity index is 2.45. The molecule has 4 heteroatoms. The Hall–Kier alpha value is -2.10. The molecule has 0 aromatic heterocycles. The molecule has 0 heterocycles. The summed E-state index contributed by atoms with van der Waals surface area (Å²) >= 11 is 0. The zero-order valence-corrected chi connectivity index (χ0v) is 9.39. The van der Waals surface area contributed by atoms with E-state index in [-0.39, 0.29) is 0 Å². The second kappa shape index (κ2) is 6.59. The molecule has 0 atom stereocenters. The molecule has 0 saturated carbocycles. The monoisotopic (exact) mass is 252 g/mol. The van der Waals surface area contributed by atoms with Crippen molar-refractivity contribution in [2.75, 3.05) is 0 Å². The van der Waals surface area contributed by atoms with Gasteiger partial charge in [0, 0.05) is 0 Å². The average Bonchev–Trinajstić information content (AvgIpc) is 2.33. The molecule has 0 N–H and O–H groups in total. The molecule has 0 spiro atoms. The first-order chi connectivity index (χ1) is 8.50. The maximum absolute atomic E-state index is 11.8. The van der Waals surface area contributed by atoms with Crippen molar-refractivity contribution < 1.29 is 18.0 Å². The lowest BCUT2D eigenvalue weighted by Crippen LogP contribution is -2.19. The van der Waals surface area contributed by atoms with Crippen LogP contribution in [0.1, 0.15) is 5.56 Å². The second-order valence-electron chi connectivity index (χ2n) is 3.38. The molecule has 0 radical (unpaired) electrons. The van der Waals surface area contributed by atoms with Crippen LogP contribution in [0.5, 0.6) is 0 Å². The largest absolute Gasteiger partial charge is 0.454 e. The normalized spacial score (nSPS) is 12.8. The SMILES string of the molecule is O=C(C=CC=CC=Cc1ccccc1)C(F)(F)F. The molecule has 0 amide bonds. The summed E-state index contributed by atoms with van der Waals surface area (Å²) in [5.74, 6) is -1.86. The van der Waals surface area contributed by atoms with E-state index in [4.69, 9.17) is 0 Å². The van der Waals surface area contributed by atoms with Crippen LogP contribution in [0.15, 0.2) is 60.7 Å². The summed E-state index contributed by atoms with van der Waals surface area (Å²) in [6.07, 6.45) is 3.14. The number of ketones is 1. The van der Waals surface area contributed by atoms with Gasteiger partial charge >= 0.3 is 6.18 Å². The van der Waals surface area contributed by atoms with Crippen molar-refractivity contribution in [3.05, 3.63) is 66.3 Å². The van der Waals surface area contributed by atoms with E-state index >= 15 is 0 Å². The van der Waals surface area contributed by atoms with Crippen LogP contribution in [0.3, 0.4) is 0 Å². The van der Waals surface area contributed by atoms with Crippen LogP contribution in [-0.4, -0.2) is 12.0 Å². The van der Waals surface area contributed by atoms with Gasteiger partial charge in [0.2, 0.25) is 0 Å². The standard InChI is InChI=1S/C14H11F3O/c15-14(16,17)13(18)11-7-2-1-4-8-12-9-5-3-6-10-12/h1-11H. The lowest BCUT2D eigenvalue weighted by molar-refractivity contribution is -0.165. The van der Waals surface area contributed by atoms with Crippen LogP contribution in [-0.2, 0) is 4.79 Å². The maximum atomic E-state index is 11.8. The molecule has 1 aromatic carbocycles. The Morgan fingerprint density at radius 2 is 1.56 bits per heavy atom. The summed E-state index contributed by atoms with van der Waals surface area (Å²) in [6.45, 7) is 0. The third-order valence-corrected chi connectivity index (χ3v) is 1.95. The van der Waals surface area contributed by atoms with Gasteiger partial charge in [0.1, 0.15) is 0 Å². The molecular weight excluding hydrogens is 241 g/mol. The van der Waals surface area contributed by atoms with E-state index in [2.05, 4.69) is 0 Å². The van der Waals surface area contributed by atoms with E-state index in [0.29, 0.717) is 6.08 Å². The third kappa shape index (κ3) is 5.30. The first-order valence-electron chi connectivity index (χ1n) is 5.18. The topological polar surface area (TPSA) is 17.1 Å². The highest BCUT2D eigenvalue weighted by atomic mass is 19.4. The fourth-order valence-corrected chi connectivity index (χ4v) is 1.10. The van der Waals surface area contributed by atoms with Crippen molar-refractivity contribution in [3.8, 4) is 0 Å². The molecule has 0 bridgehead atoms. The molecule has 0 aliphatic rings. The van der Waals surface area contributed by atoms with Gasteiger partial charge < -0.3 is 0 Å². The summed E-state index contributed by atoms with van der Waals surface area (Å²) in [4.78, 5) is 10.5. The van der Waals surface area contributed by atoms with Crippen molar-refractivity contribution >= 4 is 11.9 Å². The smallest absolute Gasteiger partial charge is 0.285 e. The number of alkyl halides is 3. The summed E-state index contributed by atoms with van der Waals surface area (Å²) in [5.41, 5.74) is 0.984. The average molecular weight is 252 g/mol. The van der Waals surface area contributed by atoms with Crippen LogP contribution in [0, 0.1) is 0 Å². The molecule has 1 aromatic rings. The van der Waals surface area contributed by atoms with E-state index in [1.54, 1.807) is 18.2 Å². The first kappa shape index (κ1) is 14.0. The first-order valence-corrected chi connectivity index (χ1v) is 5.18. The van der Waals surface area contributed by atoms with Crippen molar-refractivity contribution in [2.45, 2.75) is 6.18 Å². The summed E-state index contributed by atoms with van der Waals surface area (Å²) in [5, 5.41) is 0. The van der Waals surface area contributed by atoms with Gasteiger partial charge in [-0.15, -0.1) is 0 Å². The minimum atomic E-state index is -4.80. The molecule has 1 nitrogen and oxygen atoms in total. The molecule has 18 heavy (non-hydrogen) atoms. The molecule has 0 unspecified atom stereocenters. The number of carbonyl (C=O) groups excluding carboxylic acids is 1. The highest BCUT2D eigenvalue weighted by Crippen LogP contribution is 2.16. The molecule has 0 saturated heterocycles. The zero-order chi connectivity index (χ0) is 13.4. The van der Waals surface area contributed by atoms with Crippen molar-refractivity contribution in [2.24, 2.45) is 0 Å². The minimum Gasteiger partial charge on any atom is -0.285 e. The van der Waals surface area contributed by atoms with E-state index in [1.165, 1.54) is 6.08 Å². The number of allylic oxidation sites excluding steroid dienone is 5.